The number of nitriles is 3. The Bertz CT molecular complexity index is 220. The van der Waals surface area contributed by atoms with E-state index < -0.39 is 21.4 Å². The fourth-order valence-electron chi connectivity index (χ4n) is 0. The summed E-state index contributed by atoms with van der Waals surface area (Å²) in [7, 11) is -6.18. The van der Waals surface area contributed by atoms with Crippen LogP contribution in [-0.4, -0.2) is 36.4 Å². The van der Waals surface area contributed by atoms with Crippen LogP contribution in [0.15, 0.2) is 0 Å². The van der Waals surface area contributed by atoms with Crippen LogP contribution in [0.2, 0.25) is 0 Å². The van der Waals surface area contributed by atoms with Gasteiger partial charge in [0, 0.05) is 13.1 Å². The summed E-state index contributed by atoms with van der Waals surface area (Å²) in [6, 6.07) is 0. The first-order valence-electron chi connectivity index (χ1n) is 3.02. The van der Waals surface area contributed by atoms with Crippen molar-refractivity contribution in [3.8, 4) is 17.9 Å². The number of rotatable bonds is 0. The Labute approximate surface area is 90.6 Å². The number of hydrogen-bond donors (Lipinski definition) is 3. The first-order valence-corrected chi connectivity index (χ1v) is 3.02. The monoisotopic (exact) mass is 213 g/mol. The zero-order valence-electron chi connectivity index (χ0n) is 10.1. The van der Waals surface area contributed by atoms with E-state index in [2.05, 4.69) is 0 Å². The molecule has 0 aromatic heterocycles. The van der Waals surface area contributed by atoms with Gasteiger partial charge >= 0.3 is 18.5 Å². The molecule has 0 saturated carbocycles. The third-order valence-corrected chi connectivity index (χ3v) is 0.331. The Hall–Kier alpha value is -1.58. The van der Waals surface area contributed by atoms with Crippen molar-refractivity contribution in [3.05, 3.63) is 0 Å². The van der Waals surface area contributed by atoms with Crippen molar-refractivity contribution in [2.45, 2.75) is 0 Å². The maximum absolute atomic E-state index is 9.09. The first-order chi connectivity index (χ1) is 6.81. The van der Waals surface area contributed by atoms with E-state index in [1.54, 1.807) is 0 Å². The molecule has 78 valence electrons. The summed E-state index contributed by atoms with van der Waals surface area (Å²) in [5.41, 5.74) is 0. The highest BCUT2D eigenvalue weighted by Crippen LogP contribution is 1.51. The van der Waals surface area contributed by atoms with Crippen molar-refractivity contribution in [1.82, 2.24) is 0 Å². The SMILES string of the molecule is N#CB(O)O.N#CB([O-])O.N#CB([O-])[O-].[H+].[H+].[H+]. The molecule has 0 aliphatic heterocycles. The normalized spacial score (nSPS) is 5.80. The average Bonchev–Trinajstić information content (AvgIpc) is 2.19. The Morgan fingerprint density at radius 2 is 1.07 bits per heavy atom. The molecule has 0 atom stereocenters. The third kappa shape index (κ3) is 69.0. The number of hydrogen-bond acceptors (Lipinski definition) is 9. The Morgan fingerprint density at radius 1 is 0.867 bits per heavy atom. The largest absolute Gasteiger partial charge is 1.00 e. The van der Waals surface area contributed by atoms with Crippen LogP contribution in [0.3, 0.4) is 0 Å². The van der Waals surface area contributed by atoms with E-state index in [0.717, 1.165) is 17.9 Å². The fraction of sp³-hybridized carbons (Fsp3) is 0. The quantitative estimate of drug-likeness (QED) is 0.326. The van der Waals surface area contributed by atoms with Gasteiger partial charge in [-0.2, -0.15) is 0 Å². The lowest BCUT2D eigenvalue weighted by Gasteiger charge is -2.12. The number of nitrogens with zero attached hydrogens (tertiary/aromatic N) is 3. The summed E-state index contributed by atoms with van der Waals surface area (Å²) in [6.07, 6.45) is 0. The molecule has 3 N–H and O–H groups in total. The van der Waals surface area contributed by atoms with Gasteiger partial charge in [0.15, 0.2) is 0 Å². The van der Waals surface area contributed by atoms with E-state index in [1.165, 1.54) is 0 Å². The van der Waals surface area contributed by atoms with Crippen LogP contribution in [0.4, 0.5) is 0 Å². The van der Waals surface area contributed by atoms with Gasteiger partial charge < -0.3 is 30.1 Å². The van der Waals surface area contributed by atoms with Crippen LogP contribution in [0.25, 0.3) is 0 Å². The molecular formula is C3H6B3N3O6. The van der Waals surface area contributed by atoms with Crippen molar-refractivity contribution in [2.24, 2.45) is 0 Å². The second-order valence-corrected chi connectivity index (χ2v) is 1.45. The second kappa shape index (κ2) is 14.9. The van der Waals surface area contributed by atoms with Gasteiger partial charge in [-0.1, -0.05) is 0 Å². The predicted molar refractivity (Wildman–Crippen MR) is 44.1 cm³/mol. The molecule has 15 heavy (non-hydrogen) atoms. The minimum absolute atomic E-state index is 0. The molecule has 0 unspecified atom stereocenters. The van der Waals surface area contributed by atoms with Gasteiger partial charge in [0.05, 0.1) is 5.97 Å². The van der Waals surface area contributed by atoms with E-state index in [1.807, 2.05) is 0 Å². The zero-order valence-corrected chi connectivity index (χ0v) is 7.14. The van der Waals surface area contributed by atoms with E-state index in [9.17, 15) is 0 Å². The van der Waals surface area contributed by atoms with Crippen LogP contribution >= 0.6 is 0 Å². The standard InChI is InChI=1S/CH2BNO2.CHBNO2.CBNO2/c3*3-1-2(4)5/h4-5H;4H;/q;-1;-2/p+3. The van der Waals surface area contributed by atoms with Gasteiger partial charge in [-0.25, -0.2) is 15.8 Å². The molecule has 0 aromatic carbocycles. The average molecular weight is 213 g/mol. The maximum Gasteiger partial charge on any atom is 1.00 e. The molecule has 0 rings (SSSR count). The molecule has 0 bridgehead atoms. The summed E-state index contributed by atoms with van der Waals surface area (Å²) in [5, 5.41) is 71.6. The van der Waals surface area contributed by atoms with Crippen molar-refractivity contribution in [2.75, 3.05) is 0 Å². The van der Waals surface area contributed by atoms with Crippen LogP contribution in [0.5, 0.6) is 0 Å². The van der Waals surface area contributed by atoms with Crippen molar-refractivity contribution in [1.29, 1.82) is 15.8 Å². The summed E-state index contributed by atoms with van der Waals surface area (Å²) in [4.78, 5) is 0. The zero-order chi connectivity index (χ0) is 12.9. The summed E-state index contributed by atoms with van der Waals surface area (Å²) < 4.78 is 0. The smallest absolute Gasteiger partial charge is 0.881 e. The molecule has 0 aromatic rings. The van der Waals surface area contributed by atoms with E-state index in [4.69, 9.17) is 45.9 Å². The molecular weight excluding hydrogens is 206 g/mol. The minimum atomic E-state index is -2.31. The van der Waals surface area contributed by atoms with E-state index in [-0.39, 0.29) is 4.28 Å². The third-order valence-electron chi connectivity index (χ3n) is 0.331. The Kier molecular flexibility index (Phi) is 19.0. The summed E-state index contributed by atoms with van der Waals surface area (Å²) >= 11 is 0. The molecule has 0 aliphatic carbocycles. The summed E-state index contributed by atoms with van der Waals surface area (Å²) in [5.74, 6) is 3.08. The lowest BCUT2D eigenvalue weighted by molar-refractivity contribution is -0.341. The van der Waals surface area contributed by atoms with Gasteiger partial charge in [-0.3, -0.25) is 0 Å². The van der Waals surface area contributed by atoms with E-state index >= 15 is 0 Å². The molecule has 0 aliphatic rings. The van der Waals surface area contributed by atoms with Crippen LogP contribution in [-0.2, 0) is 0 Å². The molecule has 9 nitrogen and oxygen atoms in total. The molecule has 0 spiro atoms. The molecule has 0 amide bonds. The Balaban J connectivity index is -0.0000000277. The fourth-order valence-corrected chi connectivity index (χ4v) is 0. The molecule has 0 saturated heterocycles. The van der Waals surface area contributed by atoms with Gasteiger partial charge in [0.2, 0.25) is 0 Å². The van der Waals surface area contributed by atoms with Gasteiger partial charge in [-0.15, -0.1) is 0 Å². The van der Waals surface area contributed by atoms with Crippen LogP contribution < -0.4 is 15.1 Å². The predicted octanol–water partition coefficient (Wildman–Crippen LogP) is -5.99. The Morgan fingerprint density at radius 3 is 1.07 bits per heavy atom. The second-order valence-electron chi connectivity index (χ2n) is 1.45. The van der Waals surface area contributed by atoms with Crippen molar-refractivity contribution < 1.29 is 34.4 Å². The van der Waals surface area contributed by atoms with Gasteiger partial charge in [0.1, 0.15) is 0 Å². The lowest BCUT2D eigenvalue weighted by atomic mass is 9.97. The highest BCUT2D eigenvalue weighted by molar-refractivity contribution is 6.50. The van der Waals surface area contributed by atoms with Gasteiger partial charge in [-0.05, 0) is 5.97 Å². The highest BCUT2D eigenvalue weighted by Gasteiger charge is 1.98. The van der Waals surface area contributed by atoms with Gasteiger partial charge in [0.25, 0.3) is 0 Å². The maximum atomic E-state index is 9.09. The minimum Gasteiger partial charge on any atom is -0.881 e. The van der Waals surface area contributed by atoms with Crippen molar-refractivity contribution in [3.63, 3.8) is 0 Å². The van der Waals surface area contributed by atoms with E-state index in [0.29, 0.717) is 0 Å². The molecule has 0 fully saturated rings. The molecule has 12 heteroatoms. The highest BCUT2D eigenvalue weighted by atomic mass is 16.4. The topological polar surface area (TPSA) is 201 Å². The summed E-state index contributed by atoms with van der Waals surface area (Å²) in [6.45, 7) is 0. The molecule has 0 heterocycles. The lowest BCUT2D eigenvalue weighted by Crippen LogP contribution is -2.43. The molecule has 0 radical (unpaired) electrons. The van der Waals surface area contributed by atoms with Crippen LogP contribution in [0, 0.1) is 33.7 Å². The van der Waals surface area contributed by atoms with Crippen LogP contribution in [0.1, 0.15) is 4.28 Å². The first kappa shape index (κ1) is 19.1. The van der Waals surface area contributed by atoms with Crippen molar-refractivity contribution >= 4 is 21.4 Å².